The second-order valence-corrected chi connectivity index (χ2v) is 3.04. The minimum Gasteiger partial charge on any atom is -0.254 e. The maximum absolute atomic E-state index is 4.48. The van der Waals surface area contributed by atoms with Crippen molar-refractivity contribution in [3.63, 3.8) is 0 Å². The highest BCUT2D eigenvalue weighted by atomic mass is 14.7. The van der Waals surface area contributed by atoms with Crippen molar-refractivity contribution in [2.75, 3.05) is 0 Å². The van der Waals surface area contributed by atoms with Crippen molar-refractivity contribution in [1.82, 2.24) is 0 Å². The average molecular weight is 173 g/mol. The third-order valence-corrected chi connectivity index (χ3v) is 1.82. The van der Waals surface area contributed by atoms with E-state index in [0.717, 1.165) is 11.4 Å². The Hall–Kier alpha value is -1.37. The number of nitrogens with zero attached hydrogens (tertiary/aromatic N) is 1. The molecule has 1 nitrogen and oxygen atoms in total. The largest absolute Gasteiger partial charge is 0.254 e. The van der Waals surface area contributed by atoms with Gasteiger partial charge in [-0.3, -0.25) is 4.99 Å². The van der Waals surface area contributed by atoms with Crippen LogP contribution in [0.4, 0.5) is 5.69 Å². The first-order valence-electron chi connectivity index (χ1n) is 4.47. The van der Waals surface area contributed by atoms with Crippen LogP contribution in [0.3, 0.4) is 0 Å². The Morgan fingerprint density at radius 2 is 2.00 bits per heavy atom. The third-order valence-electron chi connectivity index (χ3n) is 1.82. The summed E-state index contributed by atoms with van der Waals surface area (Å²) in [6, 6.07) is 8.14. The molecular weight excluding hydrogens is 158 g/mol. The number of hydrogen-bond acceptors (Lipinski definition) is 1. The fraction of sp³-hybridized carbons (Fsp3) is 0.250. The van der Waals surface area contributed by atoms with E-state index >= 15 is 0 Å². The first kappa shape index (κ1) is 9.72. The lowest BCUT2D eigenvalue weighted by Gasteiger charge is -1.99. The predicted molar refractivity (Wildman–Crippen MR) is 58.8 cm³/mol. The highest BCUT2D eigenvalue weighted by Crippen LogP contribution is 2.17. The zero-order chi connectivity index (χ0) is 9.68. The van der Waals surface area contributed by atoms with Crippen LogP contribution in [0.25, 0.3) is 0 Å². The zero-order valence-electron chi connectivity index (χ0n) is 8.41. The molecule has 1 heteroatoms. The number of benzene rings is 1. The number of aryl methyl sites for hydroxylation is 1. The van der Waals surface area contributed by atoms with Crippen molar-refractivity contribution in [3.8, 4) is 0 Å². The minimum absolute atomic E-state index is 1.04. The number of aliphatic imine (C=N–C) groups is 1. The molecule has 0 amide bonds. The molecule has 0 saturated heterocycles. The number of rotatable bonds is 2. The molecule has 13 heavy (non-hydrogen) atoms. The number of hydrogen-bond donors (Lipinski definition) is 0. The first-order chi connectivity index (χ1) is 6.24. The summed E-state index contributed by atoms with van der Waals surface area (Å²) in [5, 5.41) is 0. The van der Waals surface area contributed by atoms with Crippen LogP contribution in [0.2, 0.25) is 0 Å². The molecule has 0 saturated carbocycles. The van der Waals surface area contributed by atoms with E-state index in [9.17, 15) is 0 Å². The molecular formula is C12H15N. The van der Waals surface area contributed by atoms with E-state index in [4.69, 9.17) is 0 Å². The van der Waals surface area contributed by atoms with Gasteiger partial charge in [0.25, 0.3) is 0 Å². The van der Waals surface area contributed by atoms with Gasteiger partial charge in [0.2, 0.25) is 0 Å². The smallest absolute Gasteiger partial charge is 0.0661 e. The van der Waals surface area contributed by atoms with E-state index in [1.54, 1.807) is 0 Å². The Kier molecular flexibility index (Phi) is 3.44. The number of para-hydroxylation sites is 1. The molecule has 0 aliphatic heterocycles. The normalized spacial score (nSPS) is 12.4. The third kappa shape index (κ3) is 2.86. The molecule has 0 heterocycles. The Morgan fingerprint density at radius 3 is 2.62 bits per heavy atom. The summed E-state index contributed by atoms with van der Waals surface area (Å²) in [5.74, 6) is 0. The second-order valence-electron chi connectivity index (χ2n) is 3.04. The quantitative estimate of drug-likeness (QED) is 0.605. The van der Waals surface area contributed by atoms with Gasteiger partial charge in [-0.1, -0.05) is 24.3 Å². The van der Waals surface area contributed by atoms with Gasteiger partial charge in [0, 0.05) is 5.71 Å². The van der Waals surface area contributed by atoms with E-state index < -0.39 is 0 Å². The molecule has 1 aromatic carbocycles. The molecule has 0 spiro atoms. The van der Waals surface area contributed by atoms with E-state index in [1.807, 2.05) is 44.2 Å². The van der Waals surface area contributed by atoms with Crippen molar-refractivity contribution < 1.29 is 0 Å². The second kappa shape index (κ2) is 4.61. The molecule has 1 aromatic rings. The lowest BCUT2D eigenvalue weighted by atomic mass is 10.2. The molecule has 0 fully saturated rings. The van der Waals surface area contributed by atoms with Gasteiger partial charge in [-0.25, -0.2) is 0 Å². The standard InChI is InChI=1S/C12H15N/c1-4-7-11(3)13-12-9-6-5-8-10(12)2/h4-9H,1-3H3/b7-4+,13-11?. The van der Waals surface area contributed by atoms with Gasteiger partial charge in [0.1, 0.15) is 0 Å². The fourth-order valence-corrected chi connectivity index (χ4v) is 1.16. The van der Waals surface area contributed by atoms with Crippen LogP contribution >= 0.6 is 0 Å². The van der Waals surface area contributed by atoms with Crippen molar-refractivity contribution in [1.29, 1.82) is 0 Å². The van der Waals surface area contributed by atoms with E-state index in [0.29, 0.717) is 0 Å². The van der Waals surface area contributed by atoms with Crippen molar-refractivity contribution in [3.05, 3.63) is 42.0 Å². The Labute approximate surface area is 79.8 Å². The van der Waals surface area contributed by atoms with Crippen molar-refractivity contribution >= 4 is 11.4 Å². The summed E-state index contributed by atoms with van der Waals surface area (Å²) in [5.41, 5.74) is 3.31. The van der Waals surface area contributed by atoms with Crippen molar-refractivity contribution in [2.24, 2.45) is 4.99 Å². The SMILES string of the molecule is C/C=C/C(C)=Nc1ccccc1C. The van der Waals surface area contributed by atoms with Crippen LogP contribution in [-0.2, 0) is 0 Å². The molecule has 68 valence electrons. The monoisotopic (exact) mass is 173 g/mol. The average Bonchev–Trinajstić information content (AvgIpc) is 2.09. The van der Waals surface area contributed by atoms with Gasteiger partial charge in [-0.15, -0.1) is 0 Å². The van der Waals surface area contributed by atoms with Crippen molar-refractivity contribution in [2.45, 2.75) is 20.8 Å². The highest BCUT2D eigenvalue weighted by Gasteiger charge is 1.92. The minimum atomic E-state index is 1.04. The summed E-state index contributed by atoms with van der Waals surface area (Å²) in [4.78, 5) is 4.48. The first-order valence-corrected chi connectivity index (χ1v) is 4.47. The molecule has 0 unspecified atom stereocenters. The van der Waals surface area contributed by atoms with Gasteiger partial charge in [0.15, 0.2) is 0 Å². The Balaban J connectivity index is 2.97. The van der Waals surface area contributed by atoms with Gasteiger partial charge in [0.05, 0.1) is 5.69 Å². The topological polar surface area (TPSA) is 12.4 Å². The van der Waals surface area contributed by atoms with E-state index in [1.165, 1.54) is 5.56 Å². The number of allylic oxidation sites excluding steroid dienone is 2. The van der Waals surface area contributed by atoms with Crippen LogP contribution in [0, 0.1) is 6.92 Å². The molecule has 0 aliphatic carbocycles. The van der Waals surface area contributed by atoms with Gasteiger partial charge < -0.3 is 0 Å². The Morgan fingerprint density at radius 1 is 1.31 bits per heavy atom. The summed E-state index contributed by atoms with van der Waals surface area (Å²) >= 11 is 0. The van der Waals surface area contributed by atoms with Gasteiger partial charge >= 0.3 is 0 Å². The molecule has 0 aromatic heterocycles. The summed E-state index contributed by atoms with van der Waals surface area (Å²) < 4.78 is 0. The maximum atomic E-state index is 4.48. The van der Waals surface area contributed by atoms with E-state index in [-0.39, 0.29) is 0 Å². The molecule has 1 rings (SSSR count). The molecule has 0 radical (unpaired) electrons. The summed E-state index contributed by atoms with van der Waals surface area (Å²) in [7, 11) is 0. The fourth-order valence-electron chi connectivity index (χ4n) is 1.16. The van der Waals surface area contributed by atoms with Crippen LogP contribution in [0.5, 0.6) is 0 Å². The van der Waals surface area contributed by atoms with Gasteiger partial charge in [-0.2, -0.15) is 0 Å². The van der Waals surface area contributed by atoms with Crippen LogP contribution in [-0.4, -0.2) is 5.71 Å². The molecule has 0 N–H and O–H groups in total. The lowest BCUT2D eigenvalue weighted by Crippen LogP contribution is -1.83. The highest BCUT2D eigenvalue weighted by molar-refractivity contribution is 5.94. The summed E-state index contributed by atoms with van der Waals surface area (Å²) in [6.07, 6.45) is 4.00. The van der Waals surface area contributed by atoms with Gasteiger partial charge in [-0.05, 0) is 38.5 Å². The molecule has 0 bridgehead atoms. The van der Waals surface area contributed by atoms with E-state index in [2.05, 4.69) is 18.0 Å². The molecule has 0 aliphatic rings. The van der Waals surface area contributed by atoms with Crippen LogP contribution < -0.4 is 0 Å². The van der Waals surface area contributed by atoms with Crippen LogP contribution in [0.1, 0.15) is 19.4 Å². The predicted octanol–water partition coefficient (Wildman–Crippen LogP) is 3.66. The van der Waals surface area contributed by atoms with Crippen LogP contribution in [0.15, 0.2) is 41.4 Å². The maximum Gasteiger partial charge on any atom is 0.0661 e. The zero-order valence-corrected chi connectivity index (χ0v) is 8.41. The summed E-state index contributed by atoms with van der Waals surface area (Å²) in [6.45, 7) is 6.07. The lowest BCUT2D eigenvalue weighted by molar-refractivity contribution is 1.39. The Bertz CT molecular complexity index is 335. The molecule has 0 atom stereocenters.